The number of ether oxygens (including phenoxy) is 2. The Kier molecular flexibility index (Phi) is 4.43. The van der Waals surface area contributed by atoms with Crippen molar-refractivity contribution in [3.63, 3.8) is 0 Å². The molecule has 2 aliphatic rings. The first-order valence-electron chi connectivity index (χ1n) is 7.90. The lowest BCUT2D eigenvalue weighted by atomic mass is 9.70. The molecule has 1 spiro atoms. The molecular weight excluding hydrogens is 286 g/mol. The van der Waals surface area contributed by atoms with Gasteiger partial charge in [0.1, 0.15) is 11.9 Å². The summed E-state index contributed by atoms with van der Waals surface area (Å²) in [6, 6.07) is 7.53. The lowest BCUT2D eigenvalue weighted by Gasteiger charge is -2.48. The molecule has 1 aliphatic heterocycles. The van der Waals surface area contributed by atoms with E-state index >= 15 is 0 Å². The lowest BCUT2D eigenvalue weighted by Crippen LogP contribution is -2.52. The molecule has 1 saturated carbocycles. The molecule has 1 saturated heterocycles. The number of benzene rings is 1. The molecule has 1 heterocycles. The minimum atomic E-state index is -0.0244. The molecule has 1 aromatic rings. The van der Waals surface area contributed by atoms with Gasteiger partial charge in [-0.15, -0.1) is 0 Å². The van der Waals surface area contributed by atoms with Crippen LogP contribution in [0.1, 0.15) is 39.0 Å². The lowest BCUT2D eigenvalue weighted by molar-refractivity contribution is -0.148. The molecule has 0 radical (unpaired) electrons. The van der Waals surface area contributed by atoms with Crippen LogP contribution in [0.4, 0.5) is 0 Å². The smallest absolute Gasteiger partial charge is 0.121 e. The van der Waals surface area contributed by atoms with Crippen molar-refractivity contribution in [1.29, 1.82) is 0 Å². The minimum Gasteiger partial charge on any atom is -0.489 e. The molecule has 0 aromatic heterocycles. The van der Waals surface area contributed by atoms with E-state index in [1.54, 1.807) is 0 Å². The highest BCUT2D eigenvalue weighted by Gasteiger charge is 2.44. The average Bonchev–Trinajstić information content (AvgIpc) is 2.45. The highest BCUT2D eigenvalue weighted by Crippen LogP contribution is 2.45. The van der Waals surface area contributed by atoms with E-state index in [1.165, 1.54) is 19.3 Å². The topological polar surface area (TPSA) is 44.5 Å². The number of hydrogen-bond acceptors (Lipinski definition) is 3. The number of hydrogen-bond donors (Lipinski definition) is 1. The molecule has 0 bridgehead atoms. The molecule has 116 valence electrons. The molecule has 0 amide bonds. The fourth-order valence-electron chi connectivity index (χ4n) is 3.53. The predicted octanol–water partition coefficient (Wildman–Crippen LogP) is 3.78. The molecule has 2 N–H and O–H groups in total. The Morgan fingerprint density at radius 1 is 1.43 bits per heavy atom. The zero-order chi connectivity index (χ0) is 14.9. The SMILES string of the molecule is CC(Oc1cccc(Cl)c1)C(N)C1CCOC2(CCC2)C1. The molecule has 1 aromatic carbocycles. The molecule has 3 nitrogen and oxygen atoms in total. The van der Waals surface area contributed by atoms with Crippen LogP contribution in [0.15, 0.2) is 24.3 Å². The van der Waals surface area contributed by atoms with Crippen LogP contribution in [0, 0.1) is 5.92 Å². The third-order valence-corrected chi connectivity index (χ3v) is 5.24. The first-order valence-corrected chi connectivity index (χ1v) is 8.28. The number of halogens is 1. The van der Waals surface area contributed by atoms with E-state index in [2.05, 4.69) is 6.92 Å². The van der Waals surface area contributed by atoms with Crippen LogP contribution >= 0.6 is 11.6 Å². The number of nitrogens with two attached hydrogens (primary N) is 1. The fourth-order valence-corrected chi connectivity index (χ4v) is 3.71. The van der Waals surface area contributed by atoms with Crippen molar-refractivity contribution < 1.29 is 9.47 Å². The summed E-state index contributed by atoms with van der Waals surface area (Å²) in [6.07, 6.45) is 5.77. The molecule has 1 aliphatic carbocycles. The predicted molar refractivity (Wildman–Crippen MR) is 84.8 cm³/mol. The van der Waals surface area contributed by atoms with Crippen LogP contribution < -0.4 is 10.5 Å². The van der Waals surface area contributed by atoms with E-state index in [-0.39, 0.29) is 17.7 Å². The van der Waals surface area contributed by atoms with Gasteiger partial charge in [-0.05, 0) is 63.1 Å². The molecular formula is C17H24ClNO2. The van der Waals surface area contributed by atoms with E-state index in [9.17, 15) is 0 Å². The standard InChI is InChI=1S/C17H24ClNO2/c1-12(21-15-5-2-4-14(18)10-15)16(19)13-6-9-20-17(11-13)7-3-8-17/h2,4-5,10,12-13,16H,3,6-9,11,19H2,1H3. The van der Waals surface area contributed by atoms with Crippen LogP contribution in [0.2, 0.25) is 5.02 Å². The van der Waals surface area contributed by atoms with Gasteiger partial charge in [-0.1, -0.05) is 17.7 Å². The van der Waals surface area contributed by atoms with Gasteiger partial charge >= 0.3 is 0 Å². The van der Waals surface area contributed by atoms with Gasteiger partial charge in [0.15, 0.2) is 0 Å². The minimum absolute atomic E-state index is 0.0244. The van der Waals surface area contributed by atoms with Crippen molar-refractivity contribution in [3.8, 4) is 5.75 Å². The highest BCUT2D eigenvalue weighted by atomic mass is 35.5. The zero-order valence-corrected chi connectivity index (χ0v) is 13.3. The van der Waals surface area contributed by atoms with E-state index in [0.717, 1.165) is 25.2 Å². The fraction of sp³-hybridized carbons (Fsp3) is 0.647. The molecule has 3 rings (SSSR count). The van der Waals surface area contributed by atoms with Gasteiger partial charge in [-0.25, -0.2) is 0 Å². The molecule has 21 heavy (non-hydrogen) atoms. The summed E-state index contributed by atoms with van der Waals surface area (Å²) >= 11 is 5.99. The van der Waals surface area contributed by atoms with Crippen molar-refractivity contribution in [2.75, 3.05) is 6.61 Å². The van der Waals surface area contributed by atoms with Gasteiger partial charge in [0.05, 0.1) is 5.60 Å². The summed E-state index contributed by atoms with van der Waals surface area (Å²) < 4.78 is 12.0. The van der Waals surface area contributed by atoms with Crippen LogP contribution in [-0.2, 0) is 4.74 Å². The third-order valence-electron chi connectivity index (χ3n) is 5.00. The van der Waals surface area contributed by atoms with Crippen LogP contribution in [0.3, 0.4) is 0 Å². The Bertz CT molecular complexity index is 489. The Labute approximate surface area is 131 Å². The van der Waals surface area contributed by atoms with Crippen molar-refractivity contribution in [2.45, 2.75) is 56.8 Å². The van der Waals surface area contributed by atoms with Gasteiger partial charge in [0.25, 0.3) is 0 Å². The third kappa shape index (κ3) is 3.36. The van der Waals surface area contributed by atoms with E-state index in [4.69, 9.17) is 26.8 Å². The largest absolute Gasteiger partial charge is 0.489 e. The monoisotopic (exact) mass is 309 g/mol. The van der Waals surface area contributed by atoms with Gasteiger partial charge in [0, 0.05) is 17.7 Å². The second-order valence-electron chi connectivity index (χ2n) is 6.50. The van der Waals surface area contributed by atoms with Crippen molar-refractivity contribution >= 4 is 11.6 Å². The summed E-state index contributed by atoms with van der Waals surface area (Å²) in [5.41, 5.74) is 6.60. The van der Waals surface area contributed by atoms with E-state index in [0.29, 0.717) is 10.9 Å². The normalized spacial score (nSPS) is 26.9. The Balaban J connectivity index is 1.60. The average molecular weight is 310 g/mol. The summed E-state index contributed by atoms with van der Waals surface area (Å²) in [4.78, 5) is 0. The maximum atomic E-state index is 6.46. The Morgan fingerprint density at radius 3 is 2.90 bits per heavy atom. The second kappa shape index (κ2) is 6.15. The summed E-state index contributed by atoms with van der Waals surface area (Å²) in [5.74, 6) is 1.27. The first-order chi connectivity index (χ1) is 10.1. The highest BCUT2D eigenvalue weighted by molar-refractivity contribution is 6.30. The Morgan fingerprint density at radius 2 is 2.24 bits per heavy atom. The summed E-state index contributed by atoms with van der Waals surface area (Å²) in [5, 5.41) is 0.688. The van der Waals surface area contributed by atoms with Crippen molar-refractivity contribution in [2.24, 2.45) is 11.7 Å². The molecule has 2 fully saturated rings. The van der Waals surface area contributed by atoms with Gasteiger partial charge in [0.2, 0.25) is 0 Å². The maximum Gasteiger partial charge on any atom is 0.121 e. The first kappa shape index (κ1) is 15.1. The molecule has 4 heteroatoms. The van der Waals surface area contributed by atoms with Crippen molar-refractivity contribution in [1.82, 2.24) is 0 Å². The molecule has 3 unspecified atom stereocenters. The zero-order valence-electron chi connectivity index (χ0n) is 12.6. The Hall–Kier alpha value is -0.770. The van der Waals surface area contributed by atoms with Crippen LogP contribution in [0.25, 0.3) is 0 Å². The van der Waals surface area contributed by atoms with Gasteiger partial charge < -0.3 is 15.2 Å². The molecule has 3 atom stereocenters. The van der Waals surface area contributed by atoms with Gasteiger partial charge in [-0.2, -0.15) is 0 Å². The van der Waals surface area contributed by atoms with Crippen molar-refractivity contribution in [3.05, 3.63) is 29.3 Å². The second-order valence-corrected chi connectivity index (χ2v) is 6.93. The maximum absolute atomic E-state index is 6.46. The summed E-state index contributed by atoms with van der Waals surface area (Å²) in [7, 11) is 0. The van der Waals surface area contributed by atoms with Gasteiger partial charge in [-0.3, -0.25) is 0 Å². The van der Waals surface area contributed by atoms with Crippen LogP contribution in [-0.4, -0.2) is 24.4 Å². The van der Waals surface area contributed by atoms with E-state index in [1.807, 2.05) is 24.3 Å². The number of rotatable bonds is 4. The van der Waals surface area contributed by atoms with Crippen LogP contribution in [0.5, 0.6) is 5.75 Å². The quantitative estimate of drug-likeness (QED) is 0.920. The summed E-state index contributed by atoms with van der Waals surface area (Å²) in [6.45, 7) is 2.89. The van der Waals surface area contributed by atoms with E-state index < -0.39 is 0 Å².